The van der Waals surface area contributed by atoms with Crippen molar-refractivity contribution in [2.24, 2.45) is 5.92 Å². The molecule has 0 fully saturated rings. The molecule has 126 valence electrons. The van der Waals surface area contributed by atoms with Crippen molar-refractivity contribution < 1.29 is 14.3 Å². The van der Waals surface area contributed by atoms with E-state index in [2.05, 4.69) is 27.7 Å². The first-order valence-electron chi connectivity index (χ1n) is 8.05. The molecule has 0 aromatic rings. The van der Waals surface area contributed by atoms with Crippen molar-refractivity contribution in [3.8, 4) is 0 Å². The summed E-state index contributed by atoms with van der Waals surface area (Å²) >= 11 is 0. The molecule has 4 nitrogen and oxygen atoms in total. The topological polar surface area (TPSA) is 38.8 Å². The minimum atomic E-state index is -0.451. The second-order valence-corrected chi connectivity index (χ2v) is 7.56. The summed E-state index contributed by atoms with van der Waals surface area (Å²) in [5.41, 5.74) is -0.669. The van der Waals surface area contributed by atoms with Crippen molar-refractivity contribution in [3.05, 3.63) is 0 Å². The van der Waals surface area contributed by atoms with Crippen LogP contribution < -0.4 is 0 Å². The fraction of sp³-hybridized carbons (Fsp3) is 0.941. The van der Waals surface area contributed by atoms with Gasteiger partial charge < -0.3 is 14.4 Å². The molecule has 1 amide bonds. The summed E-state index contributed by atoms with van der Waals surface area (Å²) < 4.78 is 11.3. The van der Waals surface area contributed by atoms with Crippen molar-refractivity contribution in [1.82, 2.24) is 4.90 Å². The van der Waals surface area contributed by atoms with Gasteiger partial charge in [-0.25, -0.2) is 4.79 Å². The summed E-state index contributed by atoms with van der Waals surface area (Å²) in [5, 5.41) is 0. The van der Waals surface area contributed by atoms with E-state index in [9.17, 15) is 4.79 Å². The molecule has 0 rings (SSSR count). The summed E-state index contributed by atoms with van der Waals surface area (Å²) in [6.07, 6.45) is 2.79. The zero-order valence-electron chi connectivity index (χ0n) is 15.3. The Balaban J connectivity index is 4.09. The normalized spacial score (nSPS) is 13.9. The van der Waals surface area contributed by atoms with Crippen LogP contribution in [0.5, 0.6) is 0 Å². The summed E-state index contributed by atoms with van der Waals surface area (Å²) in [6.45, 7) is 15.6. The van der Waals surface area contributed by atoms with E-state index in [1.165, 1.54) is 6.42 Å². The average Bonchev–Trinajstić information content (AvgIpc) is 2.33. The van der Waals surface area contributed by atoms with Crippen LogP contribution in [0.3, 0.4) is 0 Å². The Hall–Kier alpha value is -0.770. The third-order valence-electron chi connectivity index (χ3n) is 3.55. The van der Waals surface area contributed by atoms with Crippen LogP contribution in [0.2, 0.25) is 0 Å². The van der Waals surface area contributed by atoms with Crippen LogP contribution in [0.4, 0.5) is 4.79 Å². The van der Waals surface area contributed by atoms with Gasteiger partial charge in [-0.1, -0.05) is 20.3 Å². The standard InChI is InChI=1S/C17H35NO3/c1-9-14(2)10-13-20-17(6,7)11-12-18(8)15(19)21-16(3,4)5/h14H,9-13H2,1-8H3. The van der Waals surface area contributed by atoms with E-state index in [0.717, 1.165) is 19.4 Å². The SMILES string of the molecule is CCC(C)CCOC(C)(C)CCN(C)C(=O)OC(C)(C)C. The fourth-order valence-electron chi connectivity index (χ4n) is 1.68. The molecule has 1 unspecified atom stereocenters. The van der Waals surface area contributed by atoms with Crippen LogP contribution in [-0.4, -0.2) is 42.4 Å². The van der Waals surface area contributed by atoms with Crippen LogP contribution in [-0.2, 0) is 9.47 Å². The molecular weight excluding hydrogens is 266 g/mol. The van der Waals surface area contributed by atoms with Crippen LogP contribution in [0.25, 0.3) is 0 Å². The lowest BCUT2D eigenvalue weighted by Gasteiger charge is -2.29. The number of carbonyl (C=O) groups is 1. The molecule has 0 aromatic heterocycles. The summed E-state index contributed by atoms with van der Waals surface area (Å²) in [5.74, 6) is 0.699. The van der Waals surface area contributed by atoms with Gasteiger partial charge >= 0.3 is 6.09 Å². The molecule has 0 heterocycles. The number of carbonyl (C=O) groups excluding carboxylic acids is 1. The highest BCUT2D eigenvalue weighted by Gasteiger charge is 2.23. The molecule has 21 heavy (non-hydrogen) atoms. The smallest absolute Gasteiger partial charge is 0.410 e. The molecular formula is C17H35NO3. The Morgan fingerprint density at radius 1 is 1.19 bits per heavy atom. The van der Waals surface area contributed by atoms with Crippen LogP contribution in [0.15, 0.2) is 0 Å². The number of amides is 1. The number of ether oxygens (including phenoxy) is 2. The zero-order chi connectivity index (χ0) is 16.7. The van der Waals surface area contributed by atoms with Crippen molar-refractivity contribution in [3.63, 3.8) is 0 Å². The summed E-state index contributed by atoms with van der Waals surface area (Å²) in [6, 6.07) is 0. The summed E-state index contributed by atoms with van der Waals surface area (Å²) in [4.78, 5) is 13.5. The third-order valence-corrected chi connectivity index (χ3v) is 3.55. The highest BCUT2D eigenvalue weighted by atomic mass is 16.6. The molecule has 0 aliphatic heterocycles. The lowest BCUT2D eigenvalue weighted by molar-refractivity contribution is -0.0342. The van der Waals surface area contributed by atoms with Crippen molar-refractivity contribution >= 4 is 6.09 Å². The van der Waals surface area contributed by atoms with Crippen molar-refractivity contribution in [1.29, 1.82) is 0 Å². The average molecular weight is 301 g/mol. The first-order chi connectivity index (χ1) is 9.47. The van der Waals surface area contributed by atoms with E-state index < -0.39 is 5.60 Å². The quantitative estimate of drug-likeness (QED) is 0.663. The van der Waals surface area contributed by atoms with Crippen LogP contribution in [0, 0.1) is 5.92 Å². The largest absolute Gasteiger partial charge is 0.444 e. The minimum absolute atomic E-state index is 0.219. The maximum Gasteiger partial charge on any atom is 0.410 e. The number of nitrogens with zero attached hydrogens (tertiary/aromatic N) is 1. The Kier molecular flexibility index (Phi) is 8.30. The van der Waals surface area contributed by atoms with Gasteiger partial charge in [-0.15, -0.1) is 0 Å². The Bertz CT molecular complexity index is 308. The van der Waals surface area contributed by atoms with Gasteiger partial charge in [-0.3, -0.25) is 0 Å². The van der Waals surface area contributed by atoms with Gasteiger partial charge in [0.2, 0.25) is 0 Å². The maximum absolute atomic E-state index is 11.9. The second kappa shape index (κ2) is 8.62. The third kappa shape index (κ3) is 10.6. The van der Waals surface area contributed by atoms with Gasteiger partial charge in [-0.05, 0) is 53.4 Å². The van der Waals surface area contributed by atoms with Gasteiger partial charge in [0, 0.05) is 20.2 Å². The predicted octanol–water partition coefficient (Wildman–Crippen LogP) is 4.47. The molecule has 0 radical (unpaired) electrons. The van der Waals surface area contributed by atoms with Crippen molar-refractivity contribution in [2.75, 3.05) is 20.2 Å². The highest BCUT2D eigenvalue weighted by molar-refractivity contribution is 5.67. The molecule has 0 saturated carbocycles. The van der Waals surface area contributed by atoms with E-state index >= 15 is 0 Å². The van der Waals surface area contributed by atoms with Gasteiger partial charge in [-0.2, -0.15) is 0 Å². The van der Waals surface area contributed by atoms with Gasteiger partial charge in [0.05, 0.1) is 5.60 Å². The number of hydrogen-bond donors (Lipinski definition) is 0. The molecule has 1 atom stereocenters. The Morgan fingerprint density at radius 2 is 1.76 bits per heavy atom. The van der Waals surface area contributed by atoms with Gasteiger partial charge in [0.1, 0.15) is 5.60 Å². The van der Waals surface area contributed by atoms with E-state index in [1.807, 2.05) is 20.8 Å². The molecule has 0 bridgehead atoms. The molecule has 0 saturated heterocycles. The van der Waals surface area contributed by atoms with Gasteiger partial charge in [0.15, 0.2) is 0 Å². The van der Waals surface area contributed by atoms with E-state index in [0.29, 0.717) is 12.5 Å². The van der Waals surface area contributed by atoms with E-state index in [1.54, 1.807) is 11.9 Å². The number of rotatable bonds is 8. The fourth-order valence-corrected chi connectivity index (χ4v) is 1.68. The molecule has 4 heteroatoms. The first-order valence-corrected chi connectivity index (χ1v) is 8.05. The Morgan fingerprint density at radius 3 is 2.24 bits per heavy atom. The molecule has 0 aliphatic rings. The summed E-state index contributed by atoms with van der Waals surface area (Å²) in [7, 11) is 1.77. The monoisotopic (exact) mass is 301 g/mol. The van der Waals surface area contributed by atoms with Crippen molar-refractivity contribution in [2.45, 2.75) is 78.9 Å². The maximum atomic E-state index is 11.9. The first kappa shape index (κ1) is 20.2. The molecule has 0 N–H and O–H groups in total. The predicted molar refractivity (Wildman–Crippen MR) is 87.6 cm³/mol. The minimum Gasteiger partial charge on any atom is -0.444 e. The lowest BCUT2D eigenvalue weighted by Crippen LogP contribution is -2.38. The van der Waals surface area contributed by atoms with Crippen LogP contribution >= 0.6 is 0 Å². The van der Waals surface area contributed by atoms with Crippen LogP contribution in [0.1, 0.15) is 67.7 Å². The van der Waals surface area contributed by atoms with Gasteiger partial charge in [0.25, 0.3) is 0 Å². The lowest BCUT2D eigenvalue weighted by atomic mass is 10.0. The van der Waals surface area contributed by atoms with E-state index in [4.69, 9.17) is 9.47 Å². The van der Waals surface area contributed by atoms with E-state index in [-0.39, 0.29) is 11.7 Å². The number of hydrogen-bond acceptors (Lipinski definition) is 3. The molecule has 0 aromatic carbocycles. The second-order valence-electron chi connectivity index (χ2n) is 7.56. The zero-order valence-corrected chi connectivity index (χ0v) is 15.3. The Labute approximate surface area is 131 Å². The molecule has 0 spiro atoms. The molecule has 0 aliphatic carbocycles. The highest BCUT2D eigenvalue weighted by Crippen LogP contribution is 2.18.